The monoisotopic (exact) mass is 614 g/mol. The van der Waals surface area contributed by atoms with Gasteiger partial charge in [-0.3, -0.25) is 9.59 Å². The Hall–Kier alpha value is -4.63. The molecule has 9 rings (SSSR count). The molecular formula is C37H38N6O3. The number of hydrogen-bond acceptors (Lipinski definition) is 5. The molecule has 0 spiro atoms. The van der Waals surface area contributed by atoms with Gasteiger partial charge in [0.25, 0.3) is 11.8 Å². The van der Waals surface area contributed by atoms with Crippen LogP contribution in [0.3, 0.4) is 0 Å². The number of nitrogens with zero attached hydrogens (tertiary/aromatic N) is 4. The lowest BCUT2D eigenvalue weighted by molar-refractivity contribution is 0.0700. The van der Waals surface area contributed by atoms with Gasteiger partial charge in [0, 0.05) is 60.8 Å². The fourth-order valence-corrected chi connectivity index (χ4v) is 8.23. The van der Waals surface area contributed by atoms with Crippen molar-refractivity contribution in [3.8, 4) is 28.4 Å². The fourth-order valence-electron chi connectivity index (χ4n) is 8.23. The number of likely N-dealkylation sites (tertiary alicyclic amines) is 1. The van der Waals surface area contributed by atoms with Gasteiger partial charge in [-0.1, -0.05) is 24.3 Å². The number of aryl methyl sites for hydroxylation is 1. The Bertz CT molecular complexity index is 2090. The van der Waals surface area contributed by atoms with Crippen molar-refractivity contribution in [2.24, 2.45) is 24.6 Å². The van der Waals surface area contributed by atoms with Gasteiger partial charge in [-0.15, -0.1) is 0 Å². The maximum Gasteiger partial charge on any atom is 0.254 e. The Labute approximate surface area is 267 Å². The molecule has 2 aromatic heterocycles. The Kier molecular flexibility index (Phi) is 6.13. The quantitative estimate of drug-likeness (QED) is 0.276. The Morgan fingerprint density at radius 2 is 1.87 bits per heavy atom. The lowest BCUT2D eigenvalue weighted by Gasteiger charge is -2.27. The summed E-state index contributed by atoms with van der Waals surface area (Å²) >= 11 is 0. The summed E-state index contributed by atoms with van der Waals surface area (Å²) in [6.45, 7) is 2.32. The zero-order valence-electron chi connectivity index (χ0n) is 26.3. The van der Waals surface area contributed by atoms with E-state index >= 15 is 0 Å². The number of nitrogens with one attached hydrogen (secondary N) is 1. The van der Waals surface area contributed by atoms with E-state index in [-0.39, 0.29) is 23.9 Å². The van der Waals surface area contributed by atoms with Gasteiger partial charge < -0.3 is 29.8 Å². The first-order chi connectivity index (χ1) is 22.4. The number of nitrogens with two attached hydrogens (primary N) is 1. The summed E-state index contributed by atoms with van der Waals surface area (Å²) in [5.74, 6) is 2.51. The van der Waals surface area contributed by atoms with Crippen molar-refractivity contribution in [3.63, 3.8) is 0 Å². The van der Waals surface area contributed by atoms with Gasteiger partial charge in [-0.05, 0) is 91.0 Å². The molecule has 2 unspecified atom stereocenters. The molecule has 0 radical (unpaired) electrons. The molecule has 46 heavy (non-hydrogen) atoms. The van der Waals surface area contributed by atoms with E-state index in [4.69, 9.17) is 15.5 Å². The van der Waals surface area contributed by atoms with E-state index in [1.54, 1.807) is 7.11 Å². The third-order valence-electron chi connectivity index (χ3n) is 11.0. The number of methoxy groups -OCH3 is 1. The summed E-state index contributed by atoms with van der Waals surface area (Å²) in [5.41, 5.74) is 14.8. The molecule has 9 heteroatoms. The second kappa shape index (κ2) is 10.2. The topological polar surface area (TPSA) is 107 Å². The minimum atomic E-state index is 0.00180. The number of carbonyl (C=O) groups excluding carboxylic acids is 2. The van der Waals surface area contributed by atoms with Crippen LogP contribution in [-0.2, 0) is 20.0 Å². The summed E-state index contributed by atoms with van der Waals surface area (Å²) in [5, 5.41) is 4.12. The highest BCUT2D eigenvalue weighted by molar-refractivity contribution is 6.01. The molecule has 2 aliphatic heterocycles. The van der Waals surface area contributed by atoms with Crippen molar-refractivity contribution in [3.05, 3.63) is 71.3 Å². The van der Waals surface area contributed by atoms with E-state index in [2.05, 4.69) is 50.8 Å². The van der Waals surface area contributed by atoms with Gasteiger partial charge in [0.15, 0.2) is 5.82 Å². The van der Waals surface area contributed by atoms with Gasteiger partial charge in [0.2, 0.25) is 0 Å². The molecule has 3 fully saturated rings. The van der Waals surface area contributed by atoms with E-state index in [0.717, 1.165) is 88.1 Å². The first-order valence-electron chi connectivity index (χ1n) is 16.5. The summed E-state index contributed by atoms with van der Waals surface area (Å²) in [4.78, 5) is 33.5. The Balaban J connectivity index is 1.14. The molecule has 9 nitrogen and oxygen atoms in total. The zero-order chi connectivity index (χ0) is 31.3. The highest BCUT2D eigenvalue weighted by Crippen LogP contribution is 2.41. The lowest BCUT2D eigenvalue weighted by Crippen LogP contribution is -2.41. The molecule has 1 saturated heterocycles. The second-order valence-corrected chi connectivity index (χ2v) is 13.7. The average molecular weight is 615 g/mol. The number of hydrogen-bond donors (Lipinski definition) is 2. The van der Waals surface area contributed by atoms with Crippen molar-refractivity contribution >= 4 is 33.8 Å². The minimum Gasteiger partial charge on any atom is -0.494 e. The molecule has 3 N–H and O–H groups in total. The molecule has 5 aromatic rings. The lowest BCUT2D eigenvalue weighted by atomic mass is 9.95. The Morgan fingerprint density at radius 1 is 1.04 bits per heavy atom. The third-order valence-corrected chi connectivity index (χ3v) is 11.0. The van der Waals surface area contributed by atoms with Crippen LogP contribution in [0.4, 0.5) is 0 Å². The molecule has 4 heterocycles. The van der Waals surface area contributed by atoms with Gasteiger partial charge in [-0.25, -0.2) is 4.98 Å². The van der Waals surface area contributed by atoms with Crippen molar-refractivity contribution in [1.29, 1.82) is 0 Å². The standard InChI is InChI=1S/C37H38N6O3/c1-41-34-28(14-26(17-32(34)46-2)37(45)43-19-25-9-10-29(43)33(25)38)40-35(41)31-16-24-8-7-23(15-30(24)42(31)18-20-3-4-20)22-6-5-21-11-12-39-36(44)27(21)13-22/h5-8,13-17,20,25,29,33H,3-4,9-12,18-19,38H2,1-2H3,(H,39,44)/t25?,29?,33-/m1/s1. The number of benzene rings is 3. The van der Waals surface area contributed by atoms with Gasteiger partial charge in [0.05, 0.1) is 18.3 Å². The van der Waals surface area contributed by atoms with Crippen molar-refractivity contribution in [2.45, 2.75) is 50.7 Å². The minimum absolute atomic E-state index is 0.00180. The van der Waals surface area contributed by atoms with Gasteiger partial charge >= 0.3 is 0 Å². The highest BCUT2D eigenvalue weighted by Gasteiger charge is 2.47. The normalized spacial score (nSPS) is 22.1. The summed E-state index contributed by atoms with van der Waals surface area (Å²) in [7, 11) is 3.68. The van der Waals surface area contributed by atoms with Crippen LogP contribution in [0.2, 0.25) is 0 Å². The van der Waals surface area contributed by atoms with Crippen LogP contribution in [0, 0.1) is 11.8 Å². The predicted octanol–water partition coefficient (Wildman–Crippen LogP) is 5.13. The summed E-state index contributed by atoms with van der Waals surface area (Å²) < 4.78 is 10.4. The number of imidazole rings is 1. The van der Waals surface area contributed by atoms with E-state index in [1.165, 1.54) is 12.8 Å². The van der Waals surface area contributed by atoms with Gasteiger partial charge in [-0.2, -0.15) is 0 Å². The van der Waals surface area contributed by atoms with Crippen molar-refractivity contribution in [2.75, 3.05) is 20.2 Å². The molecule has 2 bridgehead atoms. The smallest absolute Gasteiger partial charge is 0.254 e. The van der Waals surface area contributed by atoms with E-state index in [0.29, 0.717) is 29.7 Å². The third kappa shape index (κ3) is 4.21. The maximum atomic E-state index is 13.8. The summed E-state index contributed by atoms with van der Waals surface area (Å²) in [6.07, 6.45) is 5.38. The molecule has 234 valence electrons. The highest BCUT2D eigenvalue weighted by atomic mass is 16.5. The van der Waals surface area contributed by atoms with Crippen molar-refractivity contribution in [1.82, 2.24) is 24.3 Å². The molecule has 3 aromatic carbocycles. The van der Waals surface area contributed by atoms with Crippen LogP contribution >= 0.6 is 0 Å². The Morgan fingerprint density at radius 3 is 2.63 bits per heavy atom. The number of ether oxygens (including phenoxy) is 1. The molecule has 2 amide bonds. The zero-order valence-corrected chi connectivity index (χ0v) is 26.3. The number of aromatic nitrogens is 3. The van der Waals surface area contributed by atoms with Gasteiger partial charge in [0.1, 0.15) is 11.3 Å². The molecule has 2 aliphatic carbocycles. The molecule has 3 atom stereocenters. The van der Waals surface area contributed by atoms with E-state index in [1.807, 2.05) is 30.1 Å². The van der Waals surface area contributed by atoms with Crippen LogP contribution in [0.1, 0.15) is 52.0 Å². The number of piperidine rings is 1. The number of rotatable bonds is 6. The number of carbonyl (C=O) groups is 2. The molecule has 4 aliphatic rings. The van der Waals surface area contributed by atoms with Crippen LogP contribution in [0.15, 0.2) is 54.6 Å². The van der Waals surface area contributed by atoms with Crippen LogP contribution < -0.4 is 15.8 Å². The van der Waals surface area contributed by atoms with Crippen molar-refractivity contribution < 1.29 is 14.3 Å². The van der Waals surface area contributed by atoms with Crippen LogP contribution in [0.5, 0.6) is 5.75 Å². The predicted molar refractivity (Wildman–Crippen MR) is 178 cm³/mol. The summed E-state index contributed by atoms with van der Waals surface area (Å²) in [6, 6.07) is 19.0. The first kappa shape index (κ1) is 27.7. The fraction of sp³-hybridized carbons (Fsp3) is 0.378. The molecular weight excluding hydrogens is 576 g/mol. The van der Waals surface area contributed by atoms with E-state index < -0.39 is 0 Å². The number of fused-ring (bicyclic) bond motifs is 5. The largest absolute Gasteiger partial charge is 0.494 e. The van der Waals surface area contributed by atoms with Crippen LogP contribution in [-0.4, -0.2) is 63.1 Å². The van der Waals surface area contributed by atoms with Crippen LogP contribution in [0.25, 0.3) is 44.6 Å². The van der Waals surface area contributed by atoms with E-state index in [9.17, 15) is 9.59 Å². The second-order valence-electron chi connectivity index (χ2n) is 13.7. The average Bonchev–Trinajstić information content (AvgIpc) is 3.48. The molecule has 2 saturated carbocycles. The first-order valence-corrected chi connectivity index (χ1v) is 16.5. The number of amides is 2. The maximum absolute atomic E-state index is 13.8. The SMILES string of the molecule is COc1cc(C(=O)N2CC3CCC2[C@@H]3N)cc2nc(-c3cc4ccc(-c5ccc6c(c5)C(=O)NCC6)cc4n3CC3CC3)n(C)c12.